The van der Waals surface area contributed by atoms with Gasteiger partial charge in [-0.25, -0.2) is 0 Å². The summed E-state index contributed by atoms with van der Waals surface area (Å²) in [5.74, 6) is 0.540. The van der Waals surface area contributed by atoms with E-state index in [1.807, 2.05) is 6.07 Å². The summed E-state index contributed by atoms with van der Waals surface area (Å²) in [4.78, 5) is 2.29. The second kappa shape index (κ2) is 5.92. The Morgan fingerprint density at radius 2 is 1.67 bits per heavy atom. The summed E-state index contributed by atoms with van der Waals surface area (Å²) in [5.41, 5.74) is 4.85. The molecule has 0 saturated carbocycles. The Balaban J connectivity index is 2.41. The van der Waals surface area contributed by atoms with Crippen molar-refractivity contribution in [2.75, 3.05) is 11.4 Å². The molecule has 2 aromatic carbocycles. The minimum absolute atomic E-state index is 0.540. The first-order chi connectivity index (χ1) is 8.76. The molecular weight excluding hydrogens is 242 g/mol. The zero-order chi connectivity index (χ0) is 13.0. The maximum absolute atomic E-state index is 6.02. The van der Waals surface area contributed by atoms with E-state index in [-0.39, 0.29) is 0 Å². The van der Waals surface area contributed by atoms with Crippen molar-refractivity contribution in [2.24, 2.45) is 0 Å². The van der Waals surface area contributed by atoms with E-state index < -0.39 is 0 Å². The van der Waals surface area contributed by atoms with Crippen LogP contribution in [0.4, 0.5) is 11.4 Å². The lowest BCUT2D eigenvalue weighted by Crippen LogP contribution is -2.17. The van der Waals surface area contributed by atoms with Crippen LogP contribution in [0.25, 0.3) is 0 Å². The summed E-state index contributed by atoms with van der Waals surface area (Å²) in [6.07, 6.45) is 0. The van der Waals surface area contributed by atoms with E-state index in [1.54, 1.807) is 0 Å². The van der Waals surface area contributed by atoms with Crippen molar-refractivity contribution in [3.63, 3.8) is 0 Å². The second-order valence-corrected chi connectivity index (χ2v) is 4.61. The summed E-state index contributed by atoms with van der Waals surface area (Å²) in [6, 6.07) is 16.9. The summed E-state index contributed by atoms with van der Waals surface area (Å²) in [5, 5.41) is 0. The number of hydrogen-bond acceptors (Lipinski definition) is 1. The van der Waals surface area contributed by atoms with E-state index in [4.69, 9.17) is 11.6 Å². The lowest BCUT2D eigenvalue weighted by atomic mass is 10.1. The molecule has 1 nitrogen and oxygen atoms in total. The molecule has 94 valence electrons. The van der Waals surface area contributed by atoms with Crippen LogP contribution in [0.2, 0.25) is 0 Å². The fourth-order valence-corrected chi connectivity index (χ4v) is 2.33. The summed E-state index contributed by atoms with van der Waals surface area (Å²) in [6.45, 7) is 5.19. The molecule has 0 heterocycles. The Morgan fingerprint density at radius 1 is 1.00 bits per heavy atom. The number of alkyl halides is 1. The van der Waals surface area contributed by atoms with Gasteiger partial charge < -0.3 is 4.90 Å². The molecule has 2 heteroatoms. The normalized spacial score (nSPS) is 10.4. The van der Waals surface area contributed by atoms with E-state index in [1.165, 1.54) is 22.5 Å². The van der Waals surface area contributed by atoms with Crippen molar-refractivity contribution in [3.05, 3.63) is 59.7 Å². The minimum atomic E-state index is 0.540. The second-order valence-electron chi connectivity index (χ2n) is 4.34. The number of aryl methyl sites for hydroxylation is 1. The first-order valence-corrected chi connectivity index (χ1v) is 6.77. The van der Waals surface area contributed by atoms with Crippen molar-refractivity contribution in [2.45, 2.75) is 19.7 Å². The summed E-state index contributed by atoms with van der Waals surface area (Å²) >= 11 is 6.02. The van der Waals surface area contributed by atoms with E-state index in [2.05, 4.69) is 61.2 Å². The Bertz CT molecular complexity index is 505. The van der Waals surface area contributed by atoms with Gasteiger partial charge in [0.15, 0.2) is 0 Å². The van der Waals surface area contributed by atoms with Gasteiger partial charge in [0.05, 0.1) is 0 Å². The first kappa shape index (κ1) is 13.0. The quantitative estimate of drug-likeness (QED) is 0.707. The van der Waals surface area contributed by atoms with E-state index in [0.29, 0.717) is 5.88 Å². The van der Waals surface area contributed by atoms with Crippen molar-refractivity contribution in [1.29, 1.82) is 0 Å². The number of benzene rings is 2. The highest BCUT2D eigenvalue weighted by molar-refractivity contribution is 6.17. The number of anilines is 2. The van der Waals surface area contributed by atoms with Crippen LogP contribution in [-0.2, 0) is 5.88 Å². The number of para-hydroxylation sites is 1. The fourth-order valence-electron chi connectivity index (χ4n) is 2.10. The first-order valence-electron chi connectivity index (χ1n) is 6.24. The molecule has 2 rings (SSSR count). The maximum atomic E-state index is 6.02. The molecule has 2 aromatic rings. The molecule has 0 amide bonds. The molecule has 0 aliphatic heterocycles. The van der Waals surface area contributed by atoms with Crippen LogP contribution in [0.3, 0.4) is 0 Å². The summed E-state index contributed by atoms with van der Waals surface area (Å²) < 4.78 is 0. The third-order valence-corrected chi connectivity index (χ3v) is 3.38. The predicted molar refractivity (Wildman–Crippen MR) is 79.9 cm³/mol. The van der Waals surface area contributed by atoms with Gasteiger partial charge in [0.1, 0.15) is 0 Å². The van der Waals surface area contributed by atoms with E-state index in [0.717, 1.165) is 6.54 Å². The molecule has 0 aliphatic carbocycles. The Morgan fingerprint density at radius 3 is 2.28 bits per heavy atom. The standard InChI is InChI=1S/C16H18ClN/c1-3-18(15-10-8-13(2)9-11-15)16-7-5-4-6-14(16)12-17/h4-11H,3,12H2,1-2H3. The van der Waals surface area contributed by atoms with Gasteiger partial charge in [-0.2, -0.15) is 0 Å². The van der Waals surface area contributed by atoms with Crippen molar-refractivity contribution >= 4 is 23.0 Å². The molecule has 0 fully saturated rings. The highest BCUT2D eigenvalue weighted by Crippen LogP contribution is 2.29. The molecule has 0 unspecified atom stereocenters. The molecule has 0 aromatic heterocycles. The molecule has 0 atom stereocenters. The van der Waals surface area contributed by atoms with Crippen LogP contribution in [0, 0.1) is 6.92 Å². The topological polar surface area (TPSA) is 3.24 Å². The van der Waals surface area contributed by atoms with Crippen LogP contribution in [-0.4, -0.2) is 6.54 Å². The Kier molecular flexibility index (Phi) is 4.27. The van der Waals surface area contributed by atoms with Crippen LogP contribution < -0.4 is 4.90 Å². The van der Waals surface area contributed by atoms with Gasteiger partial charge in [-0.05, 0) is 37.6 Å². The van der Waals surface area contributed by atoms with Crippen molar-refractivity contribution in [3.8, 4) is 0 Å². The van der Waals surface area contributed by atoms with Gasteiger partial charge in [-0.1, -0.05) is 35.9 Å². The maximum Gasteiger partial charge on any atom is 0.0494 e. The number of nitrogens with zero attached hydrogens (tertiary/aromatic N) is 1. The number of halogens is 1. The van der Waals surface area contributed by atoms with Gasteiger partial charge in [-0.15, -0.1) is 11.6 Å². The number of hydrogen-bond donors (Lipinski definition) is 0. The number of rotatable bonds is 4. The lowest BCUT2D eigenvalue weighted by molar-refractivity contribution is 1.01. The minimum Gasteiger partial charge on any atom is -0.342 e. The zero-order valence-corrected chi connectivity index (χ0v) is 11.6. The molecular formula is C16H18ClN. The molecule has 0 aliphatic rings. The average Bonchev–Trinajstić information content (AvgIpc) is 2.42. The van der Waals surface area contributed by atoms with Crippen LogP contribution in [0.5, 0.6) is 0 Å². The van der Waals surface area contributed by atoms with E-state index in [9.17, 15) is 0 Å². The lowest BCUT2D eigenvalue weighted by Gasteiger charge is -2.25. The molecule has 0 bridgehead atoms. The van der Waals surface area contributed by atoms with E-state index >= 15 is 0 Å². The van der Waals surface area contributed by atoms with Gasteiger partial charge >= 0.3 is 0 Å². The Labute approximate surface area is 114 Å². The summed E-state index contributed by atoms with van der Waals surface area (Å²) in [7, 11) is 0. The molecule has 18 heavy (non-hydrogen) atoms. The third-order valence-electron chi connectivity index (χ3n) is 3.09. The van der Waals surface area contributed by atoms with Crippen LogP contribution in [0.1, 0.15) is 18.1 Å². The zero-order valence-electron chi connectivity index (χ0n) is 10.9. The van der Waals surface area contributed by atoms with Crippen molar-refractivity contribution < 1.29 is 0 Å². The highest BCUT2D eigenvalue weighted by Gasteiger charge is 2.10. The largest absolute Gasteiger partial charge is 0.342 e. The SMILES string of the molecule is CCN(c1ccc(C)cc1)c1ccccc1CCl. The Hall–Kier alpha value is -1.47. The van der Waals surface area contributed by atoms with Crippen LogP contribution >= 0.6 is 11.6 Å². The molecule has 0 radical (unpaired) electrons. The third kappa shape index (κ3) is 2.68. The average molecular weight is 260 g/mol. The highest BCUT2D eigenvalue weighted by atomic mass is 35.5. The fraction of sp³-hybridized carbons (Fsp3) is 0.250. The van der Waals surface area contributed by atoms with Crippen molar-refractivity contribution in [1.82, 2.24) is 0 Å². The molecule has 0 saturated heterocycles. The van der Waals surface area contributed by atoms with Gasteiger partial charge in [-0.3, -0.25) is 0 Å². The molecule has 0 spiro atoms. The van der Waals surface area contributed by atoms with Gasteiger partial charge in [0, 0.05) is 23.8 Å². The van der Waals surface area contributed by atoms with Crippen LogP contribution in [0.15, 0.2) is 48.5 Å². The van der Waals surface area contributed by atoms with Gasteiger partial charge in [0.2, 0.25) is 0 Å². The smallest absolute Gasteiger partial charge is 0.0494 e. The molecule has 0 N–H and O–H groups in total. The predicted octanol–water partition coefficient (Wildman–Crippen LogP) is 4.89. The monoisotopic (exact) mass is 259 g/mol. The van der Waals surface area contributed by atoms with Gasteiger partial charge in [0.25, 0.3) is 0 Å².